The van der Waals surface area contributed by atoms with Gasteiger partial charge in [0.05, 0.1) is 37.9 Å². The second kappa shape index (κ2) is 9.37. The molecule has 3 rings (SSSR count). The summed E-state index contributed by atoms with van der Waals surface area (Å²) < 4.78 is 61.0. The Kier molecular flexibility index (Phi) is 7.14. The van der Waals surface area contributed by atoms with E-state index in [0.717, 1.165) is 18.6 Å². The van der Waals surface area contributed by atoms with Crippen molar-refractivity contribution in [1.29, 1.82) is 0 Å². The molecule has 1 aromatic carbocycles. The Labute approximate surface area is 157 Å². The van der Waals surface area contributed by atoms with Gasteiger partial charge in [0.15, 0.2) is 12.6 Å². The number of ether oxygens (including phenoxy) is 4. The molecule has 7 heteroatoms. The van der Waals surface area contributed by atoms with Gasteiger partial charge < -0.3 is 18.9 Å². The largest absolute Gasteiger partial charge is 0.416 e. The van der Waals surface area contributed by atoms with Crippen LogP contribution in [0.5, 0.6) is 0 Å². The van der Waals surface area contributed by atoms with Crippen molar-refractivity contribution >= 4 is 0 Å². The van der Waals surface area contributed by atoms with Crippen LogP contribution in [-0.2, 0) is 25.1 Å². The number of halogens is 3. The molecule has 2 heterocycles. The summed E-state index contributed by atoms with van der Waals surface area (Å²) in [6.07, 6.45) is -0.599. The van der Waals surface area contributed by atoms with Gasteiger partial charge in [-0.05, 0) is 18.6 Å². The van der Waals surface area contributed by atoms with E-state index < -0.39 is 18.0 Å². The van der Waals surface area contributed by atoms with Crippen LogP contribution in [0.4, 0.5) is 13.2 Å². The Morgan fingerprint density at radius 3 is 2.07 bits per heavy atom. The molecule has 152 valence electrons. The summed E-state index contributed by atoms with van der Waals surface area (Å²) in [4.78, 5) is 0. The van der Waals surface area contributed by atoms with Crippen molar-refractivity contribution in [2.45, 2.75) is 51.4 Å². The smallest absolute Gasteiger partial charge is 0.352 e. The van der Waals surface area contributed by atoms with Gasteiger partial charge in [0, 0.05) is 11.5 Å². The highest BCUT2D eigenvalue weighted by Gasteiger charge is 2.35. The van der Waals surface area contributed by atoms with E-state index in [1.165, 1.54) is 31.4 Å². The van der Waals surface area contributed by atoms with Crippen molar-refractivity contribution in [3.8, 4) is 0 Å². The highest BCUT2D eigenvalue weighted by Crippen LogP contribution is 2.33. The molecule has 0 N–H and O–H groups in total. The molecule has 0 atom stereocenters. The van der Waals surface area contributed by atoms with E-state index >= 15 is 0 Å². The van der Waals surface area contributed by atoms with E-state index in [9.17, 15) is 13.2 Å². The summed E-state index contributed by atoms with van der Waals surface area (Å²) in [7, 11) is 0. The Balaban J connectivity index is 1.43. The number of hydrogen-bond acceptors (Lipinski definition) is 4. The van der Waals surface area contributed by atoms with Crippen molar-refractivity contribution in [1.82, 2.24) is 0 Å². The molecule has 0 aliphatic carbocycles. The lowest BCUT2D eigenvalue weighted by atomic mass is 10.0. The van der Waals surface area contributed by atoms with Gasteiger partial charge >= 0.3 is 6.18 Å². The molecule has 0 spiro atoms. The first-order valence-corrected chi connectivity index (χ1v) is 9.61. The van der Waals surface area contributed by atoms with Gasteiger partial charge in [0.1, 0.15) is 0 Å². The van der Waals surface area contributed by atoms with Gasteiger partial charge in [-0.3, -0.25) is 0 Å². The Bertz CT molecular complexity index is 560. The fourth-order valence-electron chi connectivity index (χ4n) is 3.38. The zero-order valence-corrected chi connectivity index (χ0v) is 15.5. The molecule has 0 amide bonds. The summed E-state index contributed by atoms with van der Waals surface area (Å²) in [5.74, 6) is 0.408. The number of benzene rings is 1. The van der Waals surface area contributed by atoms with E-state index in [2.05, 4.69) is 6.92 Å². The van der Waals surface area contributed by atoms with Gasteiger partial charge in [-0.15, -0.1) is 0 Å². The van der Waals surface area contributed by atoms with Crippen LogP contribution in [0.25, 0.3) is 0 Å². The molecule has 27 heavy (non-hydrogen) atoms. The minimum Gasteiger partial charge on any atom is -0.352 e. The molecular formula is C20H27F3O4. The summed E-state index contributed by atoms with van der Waals surface area (Å²) in [5.41, 5.74) is -0.111. The maximum absolute atomic E-state index is 12.6. The molecule has 1 aromatic rings. The Hall–Kier alpha value is -1.15. The molecule has 0 unspecified atom stereocenters. The third kappa shape index (κ3) is 5.67. The van der Waals surface area contributed by atoms with Crippen LogP contribution >= 0.6 is 0 Å². The van der Waals surface area contributed by atoms with Crippen LogP contribution in [0.1, 0.15) is 50.0 Å². The van der Waals surface area contributed by atoms with Crippen LogP contribution in [0, 0.1) is 11.8 Å². The SMILES string of the molecule is CCCCC[C@H]1CO[C@H]([C@H]2CO[C@H](c3ccc(C(F)(F)F)cc3)OC2)OC1. The molecule has 0 aromatic heterocycles. The minimum atomic E-state index is -4.35. The van der Waals surface area contributed by atoms with E-state index in [4.69, 9.17) is 18.9 Å². The van der Waals surface area contributed by atoms with Gasteiger partial charge in [0.2, 0.25) is 0 Å². The maximum Gasteiger partial charge on any atom is 0.416 e. The summed E-state index contributed by atoms with van der Waals surface area (Å²) in [6.45, 7) is 4.33. The second-order valence-corrected chi connectivity index (χ2v) is 7.28. The highest BCUT2D eigenvalue weighted by molar-refractivity contribution is 5.25. The van der Waals surface area contributed by atoms with Gasteiger partial charge in [0.25, 0.3) is 0 Å². The van der Waals surface area contributed by atoms with Crippen LogP contribution in [0.3, 0.4) is 0 Å². The molecule has 0 saturated carbocycles. The average Bonchev–Trinajstić information content (AvgIpc) is 2.68. The zero-order valence-electron chi connectivity index (χ0n) is 15.5. The number of unbranched alkanes of at least 4 members (excludes halogenated alkanes) is 2. The Morgan fingerprint density at radius 1 is 0.889 bits per heavy atom. The lowest BCUT2D eigenvalue weighted by Gasteiger charge is -2.37. The summed E-state index contributed by atoms with van der Waals surface area (Å²) in [5, 5.41) is 0. The number of alkyl halides is 3. The van der Waals surface area contributed by atoms with Gasteiger partial charge in [-0.25, -0.2) is 0 Å². The van der Waals surface area contributed by atoms with Crippen molar-refractivity contribution in [3.63, 3.8) is 0 Å². The third-order valence-electron chi connectivity index (χ3n) is 5.03. The standard InChI is InChI=1S/C20H27F3O4/c1-2-3-4-5-14-10-24-19(25-11-14)16-12-26-18(27-13-16)15-6-8-17(9-7-15)20(21,22)23/h6-9,14,16,18-19H,2-5,10-13H2,1H3/t14-,16-,18-,19-. The van der Waals surface area contributed by atoms with E-state index in [1.54, 1.807) is 0 Å². The van der Waals surface area contributed by atoms with Crippen molar-refractivity contribution in [2.24, 2.45) is 11.8 Å². The van der Waals surface area contributed by atoms with E-state index in [1.807, 2.05) is 0 Å². The first-order valence-electron chi connectivity index (χ1n) is 9.61. The predicted octanol–water partition coefficient (Wildman–Crippen LogP) is 4.94. The summed E-state index contributed by atoms with van der Waals surface area (Å²) in [6, 6.07) is 4.87. The topological polar surface area (TPSA) is 36.9 Å². The molecule has 0 bridgehead atoms. The van der Waals surface area contributed by atoms with Crippen LogP contribution in [0.2, 0.25) is 0 Å². The van der Waals surface area contributed by atoms with Gasteiger partial charge in [-0.1, -0.05) is 38.3 Å². The lowest BCUT2D eigenvalue weighted by Crippen LogP contribution is -2.43. The molecule has 2 fully saturated rings. The molecule has 0 radical (unpaired) electrons. The van der Waals surface area contributed by atoms with E-state index in [0.29, 0.717) is 37.9 Å². The predicted molar refractivity (Wildman–Crippen MR) is 92.9 cm³/mol. The lowest BCUT2D eigenvalue weighted by molar-refractivity contribution is -0.283. The fraction of sp³-hybridized carbons (Fsp3) is 0.700. The first kappa shape index (κ1) is 20.6. The maximum atomic E-state index is 12.6. The Morgan fingerprint density at radius 2 is 1.52 bits per heavy atom. The normalized spacial score (nSPS) is 29.6. The van der Waals surface area contributed by atoms with Crippen molar-refractivity contribution in [2.75, 3.05) is 26.4 Å². The molecule has 4 nitrogen and oxygen atoms in total. The summed E-state index contributed by atoms with van der Waals surface area (Å²) >= 11 is 0. The first-order chi connectivity index (χ1) is 13.0. The molecular weight excluding hydrogens is 361 g/mol. The second-order valence-electron chi connectivity index (χ2n) is 7.28. The quantitative estimate of drug-likeness (QED) is 0.647. The molecule has 2 saturated heterocycles. The van der Waals surface area contributed by atoms with Gasteiger partial charge in [-0.2, -0.15) is 13.2 Å². The zero-order chi connectivity index (χ0) is 19.3. The van der Waals surface area contributed by atoms with E-state index in [-0.39, 0.29) is 12.2 Å². The fourth-order valence-corrected chi connectivity index (χ4v) is 3.38. The average molecular weight is 388 g/mol. The molecule has 2 aliphatic rings. The number of hydrogen-bond donors (Lipinski definition) is 0. The third-order valence-corrected chi connectivity index (χ3v) is 5.03. The van der Waals surface area contributed by atoms with Crippen molar-refractivity contribution in [3.05, 3.63) is 35.4 Å². The number of rotatable bonds is 6. The van der Waals surface area contributed by atoms with Crippen LogP contribution in [-0.4, -0.2) is 32.7 Å². The van der Waals surface area contributed by atoms with Crippen LogP contribution < -0.4 is 0 Å². The monoisotopic (exact) mass is 388 g/mol. The molecule has 2 aliphatic heterocycles. The highest BCUT2D eigenvalue weighted by atomic mass is 19.4. The van der Waals surface area contributed by atoms with Crippen molar-refractivity contribution < 1.29 is 32.1 Å². The van der Waals surface area contributed by atoms with Crippen LogP contribution in [0.15, 0.2) is 24.3 Å². The minimum absolute atomic E-state index is 0.0349.